The molecule has 0 saturated carbocycles. The van der Waals surface area contributed by atoms with Gasteiger partial charge in [0.2, 0.25) is 16.0 Å². The monoisotopic (exact) mass is 472 g/mol. The van der Waals surface area contributed by atoms with E-state index >= 15 is 0 Å². The molecule has 0 aliphatic rings. The smallest absolute Gasteiger partial charge is 0.243 e. The summed E-state index contributed by atoms with van der Waals surface area (Å²) in [6.45, 7) is 0.377. The van der Waals surface area contributed by atoms with Crippen molar-refractivity contribution >= 4 is 43.2 Å². The topological polar surface area (TPSA) is 128 Å². The lowest BCUT2D eigenvalue weighted by atomic mass is 10.1. The molecule has 0 aliphatic heterocycles. The van der Waals surface area contributed by atoms with Gasteiger partial charge in [0.1, 0.15) is 22.2 Å². The number of fused-ring (bicyclic) bond motifs is 1. The Morgan fingerprint density at radius 1 is 1.06 bits per heavy atom. The van der Waals surface area contributed by atoms with Crippen molar-refractivity contribution in [2.45, 2.75) is 6.54 Å². The molecule has 10 nitrogen and oxygen atoms in total. The summed E-state index contributed by atoms with van der Waals surface area (Å²) >= 11 is 1.45. The molecule has 0 spiro atoms. The Hall–Kier alpha value is -3.51. The number of aromatic nitrogens is 4. The molecule has 12 heteroatoms. The SMILES string of the molecule is COc1cccc(OC)c1-c1cnnc(NCc2nc3ccc(NS(C)(=O)=O)cc3s2)n1. The maximum absolute atomic E-state index is 11.4. The zero-order chi connectivity index (χ0) is 22.7. The van der Waals surface area contributed by atoms with Crippen LogP contribution in [0.3, 0.4) is 0 Å². The van der Waals surface area contributed by atoms with E-state index in [1.54, 1.807) is 38.6 Å². The van der Waals surface area contributed by atoms with Gasteiger partial charge in [-0.25, -0.2) is 18.4 Å². The van der Waals surface area contributed by atoms with Crippen LogP contribution >= 0.6 is 11.3 Å². The summed E-state index contributed by atoms with van der Waals surface area (Å²) in [6.07, 6.45) is 2.65. The Bertz CT molecular complexity index is 1350. The van der Waals surface area contributed by atoms with E-state index in [4.69, 9.17) is 9.47 Å². The summed E-state index contributed by atoms with van der Waals surface area (Å²) in [5, 5.41) is 12.0. The first-order valence-corrected chi connectivity index (χ1v) is 12.1. The Kier molecular flexibility index (Phi) is 6.06. The zero-order valence-corrected chi connectivity index (χ0v) is 19.1. The third-order valence-electron chi connectivity index (χ3n) is 4.38. The lowest BCUT2D eigenvalue weighted by Gasteiger charge is -2.12. The molecule has 0 aliphatic carbocycles. The molecule has 0 saturated heterocycles. The third-order valence-corrected chi connectivity index (χ3v) is 6.00. The molecule has 0 amide bonds. The number of hydrogen-bond donors (Lipinski definition) is 2. The Balaban J connectivity index is 1.55. The van der Waals surface area contributed by atoms with E-state index in [1.807, 2.05) is 18.2 Å². The van der Waals surface area contributed by atoms with E-state index in [0.717, 1.165) is 21.5 Å². The van der Waals surface area contributed by atoms with Crippen LogP contribution in [0, 0.1) is 0 Å². The van der Waals surface area contributed by atoms with Gasteiger partial charge in [0.25, 0.3) is 0 Å². The molecule has 2 N–H and O–H groups in total. The van der Waals surface area contributed by atoms with E-state index in [-0.39, 0.29) is 0 Å². The van der Waals surface area contributed by atoms with Gasteiger partial charge >= 0.3 is 0 Å². The van der Waals surface area contributed by atoms with E-state index < -0.39 is 10.0 Å². The minimum absolute atomic E-state index is 0.328. The van der Waals surface area contributed by atoms with Crippen molar-refractivity contribution in [1.29, 1.82) is 0 Å². The highest BCUT2D eigenvalue weighted by Crippen LogP contribution is 2.37. The highest BCUT2D eigenvalue weighted by Gasteiger charge is 2.15. The fourth-order valence-corrected chi connectivity index (χ4v) is 4.58. The molecular formula is C20H20N6O4S2. The number of ether oxygens (including phenoxy) is 2. The minimum Gasteiger partial charge on any atom is -0.496 e. The van der Waals surface area contributed by atoms with Crippen LogP contribution in [0.5, 0.6) is 11.5 Å². The van der Waals surface area contributed by atoms with Crippen molar-refractivity contribution in [3.05, 3.63) is 47.6 Å². The van der Waals surface area contributed by atoms with Gasteiger partial charge in [-0.3, -0.25) is 4.72 Å². The van der Waals surface area contributed by atoms with Crippen molar-refractivity contribution in [2.75, 3.05) is 30.5 Å². The molecule has 0 atom stereocenters. The quantitative estimate of drug-likeness (QED) is 0.397. The van der Waals surface area contributed by atoms with Gasteiger partial charge in [-0.1, -0.05) is 6.07 Å². The summed E-state index contributed by atoms with van der Waals surface area (Å²) in [5.41, 5.74) is 2.51. The van der Waals surface area contributed by atoms with Crippen LogP contribution in [0.1, 0.15) is 5.01 Å². The highest BCUT2D eigenvalue weighted by atomic mass is 32.2. The van der Waals surface area contributed by atoms with Crippen LogP contribution in [0.4, 0.5) is 11.6 Å². The first kappa shape index (κ1) is 21.7. The van der Waals surface area contributed by atoms with Gasteiger partial charge in [0, 0.05) is 0 Å². The van der Waals surface area contributed by atoms with Crippen molar-refractivity contribution in [2.24, 2.45) is 0 Å². The maximum Gasteiger partial charge on any atom is 0.243 e. The Morgan fingerprint density at radius 2 is 1.81 bits per heavy atom. The molecule has 0 radical (unpaired) electrons. The summed E-state index contributed by atoms with van der Waals surface area (Å²) in [4.78, 5) is 9.10. The van der Waals surface area contributed by atoms with Crippen molar-refractivity contribution < 1.29 is 17.9 Å². The standard InChI is InChI=1S/C20H20N6O4S2/c1-29-15-5-4-6-16(30-2)19(15)14-10-22-25-20(24-14)21-11-18-23-13-8-7-12(9-17(13)31-18)26-32(3,27)28/h4-10,26H,11H2,1-3H3,(H,21,24,25). The van der Waals surface area contributed by atoms with Gasteiger partial charge < -0.3 is 14.8 Å². The third kappa shape index (κ3) is 4.86. The number of nitrogens with zero attached hydrogens (tertiary/aromatic N) is 4. The zero-order valence-electron chi connectivity index (χ0n) is 17.5. The summed E-state index contributed by atoms with van der Waals surface area (Å²) in [5.74, 6) is 1.55. The summed E-state index contributed by atoms with van der Waals surface area (Å²) in [6, 6.07) is 10.7. The number of methoxy groups -OCH3 is 2. The van der Waals surface area contributed by atoms with Crippen LogP contribution in [-0.4, -0.2) is 49.1 Å². The Labute approximate surface area is 188 Å². The second-order valence-electron chi connectivity index (χ2n) is 6.72. The van der Waals surface area contributed by atoms with E-state index in [0.29, 0.717) is 40.9 Å². The number of nitrogens with one attached hydrogen (secondary N) is 2. The largest absolute Gasteiger partial charge is 0.496 e. The lowest BCUT2D eigenvalue weighted by Crippen LogP contribution is -2.09. The molecule has 2 aromatic carbocycles. The minimum atomic E-state index is -3.34. The number of benzene rings is 2. The highest BCUT2D eigenvalue weighted by molar-refractivity contribution is 7.92. The first-order chi connectivity index (χ1) is 15.4. The summed E-state index contributed by atoms with van der Waals surface area (Å²) in [7, 11) is -0.183. The van der Waals surface area contributed by atoms with E-state index in [1.165, 1.54) is 11.3 Å². The lowest BCUT2D eigenvalue weighted by molar-refractivity contribution is 0.397. The van der Waals surface area contributed by atoms with Gasteiger partial charge in [-0.05, 0) is 30.3 Å². The van der Waals surface area contributed by atoms with Crippen LogP contribution < -0.4 is 19.5 Å². The summed E-state index contributed by atoms with van der Waals surface area (Å²) < 4.78 is 37.1. The van der Waals surface area contributed by atoms with Gasteiger partial charge in [0.15, 0.2) is 0 Å². The molecule has 32 heavy (non-hydrogen) atoms. The Morgan fingerprint density at radius 3 is 2.50 bits per heavy atom. The molecule has 2 aromatic heterocycles. The van der Waals surface area contributed by atoms with Gasteiger partial charge in [-0.15, -0.1) is 16.4 Å². The average Bonchev–Trinajstić information content (AvgIpc) is 3.18. The fraction of sp³-hybridized carbons (Fsp3) is 0.200. The van der Waals surface area contributed by atoms with Gasteiger partial charge in [-0.2, -0.15) is 5.10 Å². The second-order valence-corrected chi connectivity index (χ2v) is 9.58. The maximum atomic E-state index is 11.4. The average molecular weight is 473 g/mol. The number of anilines is 2. The van der Waals surface area contributed by atoms with Crippen molar-refractivity contribution in [1.82, 2.24) is 20.2 Å². The number of rotatable bonds is 8. The predicted molar refractivity (Wildman–Crippen MR) is 124 cm³/mol. The fourth-order valence-electron chi connectivity index (χ4n) is 3.08. The van der Waals surface area contributed by atoms with Crippen molar-refractivity contribution in [3.63, 3.8) is 0 Å². The van der Waals surface area contributed by atoms with Crippen LogP contribution in [-0.2, 0) is 16.6 Å². The molecule has 166 valence electrons. The number of thiazole rings is 1. The molecule has 2 heterocycles. The molecule has 0 fully saturated rings. The van der Waals surface area contributed by atoms with E-state index in [2.05, 4.69) is 30.2 Å². The molecular weight excluding hydrogens is 452 g/mol. The molecule has 4 aromatic rings. The predicted octanol–water partition coefficient (Wildman–Crippen LogP) is 3.15. The first-order valence-electron chi connectivity index (χ1n) is 9.38. The second kappa shape index (κ2) is 8.93. The van der Waals surface area contributed by atoms with Crippen LogP contribution in [0.25, 0.3) is 21.5 Å². The van der Waals surface area contributed by atoms with E-state index in [9.17, 15) is 8.42 Å². The van der Waals surface area contributed by atoms with Crippen LogP contribution in [0.15, 0.2) is 42.6 Å². The number of sulfonamides is 1. The molecule has 4 rings (SSSR count). The number of hydrogen-bond acceptors (Lipinski definition) is 10. The normalized spacial score (nSPS) is 11.3. The molecule has 0 unspecified atom stereocenters. The van der Waals surface area contributed by atoms with Crippen LogP contribution in [0.2, 0.25) is 0 Å². The van der Waals surface area contributed by atoms with Crippen molar-refractivity contribution in [3.8, 4) is 22.8 Å². The van der Waals surface area contributed by atoms with Gasteiger partial charge in [0.05, 0.1) is 54.7 Å². The molecule has 0 bridgehead atoms.